The van der Waals surface area contributed by atoms with Crippen molar-refractivity contribution in [1.29, 1.82) is 0 Å². The maximum absolute atomic E-state index is 12.6. The van der Waals surface area contributed by atoms with Crippen LogP contribution in [0.25, 0.3) is 0 Å². The Hall–Kier alpha value is -2.47. The van der Waals surface area contributed by atoms with Crippen molar-refractivity contribution in [3.8, 4) is 0 Å². The van der Waals surface area contributed by atoms with E-state index in [-0.39, 0.29) is 17.2 Å². The molecule has 1 heterocycles. The third-order valence-corrected chi connectivity index (χ3v) is 5.79. The molecule has 2 aromatic carbocycles. The summed E-state index contributed by atoms with van der Waals surface area (Å²) >= 11 is 0. The van der Waals surface area contributed by atoms with Crippen LogP contribution >= 0.6 is 0 Å². The smallest absolute Gasteiger partial charge is 0.285 e. The normalized spacial score (nSPS) is 17.4. The molecule has 0 radical (unpaired) electrons. The first-order valence-corrected chi connectivity index (χ1v) is 9.30. The van der Waals surface area contributed by atoms with Crippen molar-refractivity contribution < 1.29 is 13.2 Å². The van der Waals surface area contributed by atoms with Crippen molar-refractivity contribution in [3.05, 3.63) is 59.2 Å². The molecule has 0 aromatic heterocycles. The molecule has 0 saturated carbocycles. The van der Waals surface area contributed by atoms with E-state index in [0.717, 1.165) is 19.3 Å². The molecule has 0 amide bonds. The van der Waals surface area contributed by atoms with E-state index in [0.29, 0.717) is 11.3 Å². The van der Waals surface area contributed by atoms with Gasteiger partial charge in [-0.15, -0.1) is 4.40 Å². The van der Waals surface area contributed by atoms with Gasteiger partial charge in [0, 0.05) is 5.56 Å². The second kappa shape index (κ2) is 5.56. The Bertz CT molecular complexity index is 964. The van der Waals surface area contributed by atoms with Gasteiger partial charge in [0.2, 0.25) is 0 Å². The molecule has 0 saturated heterocycles. The lowest BCUT2D eigenvalue weighted by Gasteiger charge is -2.24. The van der Waals surface area contributed by atoms with Crippen LogP contribution in [0, 0.1) is 0 Å². The van der Waals surface area contributed by atoms with Crippen LogP contribution in [0.3, 0.4) is 0 Å². The fourth-order valence-corrected chi connectivity index (χ4v) is 4.32. The first-order chi connectivity index (χ1) is 11.5. The Morgan fingerprint density at radius 2 is 1.88 bits per heavy atom. The van der Waals surface area contributed by atoms with Gasteiger partial charge in [0.15, 0.2) is 5.78 Å². The van der Waals surface area contributed by atoms with Crippen LogP contribution in [-0.2, 0) is 22.9 Å². The lowest BCUT2D eigenvalue weighted by Crippen LogP contribution is -2.32. The number of benzene rings is 2. The number of hydrogen-bond donors (Lipinski definition) is 0. The van der Waals surface area contributed by atoms with E-state index in [9.17, 15) is 13.2 Å². The molecule has 1 aliphatic heterocycles. The number of fused-ring (bicyclic) bond motifs is 2. The van der Waals surface area contributed by atoms with Gasteiger partial charge in [-0.05, 0) is 48.6 Å². The zero-order chi connectivity index (χ0) is 16.7. The van der Waals surface area contributed by atoms with Crippen LogP contribution in [-0.4, -0.2) is 27.1 Å². The molecule has 2 aromatic rings. The predicted molar refractivity (Wildman–Crippen MR) is 92.3 cm³/mol. The highest BCUT2D eigenvalue weighted by Gasteiger charge is 2.26. The number of hydrogen-bond acceptors (Lipinski definition) is 4. The minimum Gasteiger partial charge on any atom is -0.323 e. The van der Waals surface area contributed by atoms with E-state index in [2.05, 4.69) is 4.40 Å². The average Bonchev–Trinajstić information content (AvgIpc) is 3.05. The van der Waals surface area contributed by atoms with Gasteiger partial charge in [-0.25, -0.2) is 0 Å². The molecule has 0 fully saturated rings. The predicted octanol–water partition coefficient (Wildman–Crippen LogP) is 2.60. The number of anilines is 1. The Morgan fingerprint density at radius 3 is 2.75 bits per heavy atom. The topological polar surface area (TPSA) is 66.8 Å². The molecule has 0 unspecified atom stereocenters. The highest BCUT2D eigenvalue weighted by Crippen LogP contribution is 2.29. The van der Waals surface area contributed by atoms with Crippen LogP contribution < -0.4 is 4.90 Å². The fourth-order valence-electron chi connectivity index (χ4n) is 3.27. The number of nitrogens with zero attached hydrogens (tertiary/aromatic N) is 2. The first-order valence-electron chi connectivity index (χ1n) is 7.86. The van der Waals surface area contributed by atoms with Crippen molar-refractivity contribution in [2.75, 3.05) is 11.4 Å². The highest BCUT2D eigenvalue weighted by atomic mass is 32.2. The molecule has 122 valence electrons. The van der Waals surface area contributed by atoms with Crippen molar-refractivity contribution >= 4 is 27.8 Å². The summed E-state index contributed by atoms with van der Waals surface area (Å²) in [5.74, 6) is -0.0507. The van der Waals surface area contributed by atoms with Gasteiger partial charge in [-0.1, -0.05) is 24.3 Å². The molecule has 6 heteroatoms. The molecule has 24 heavy (non-hydrogen) atoms. The summed E-state index contributed by atoms with van der Waals surface area (Å²) in [6.45, 7) is 0.0643. The average molecular weight is 340 g/mol. The van der Waals surface area contributed by atoms with Gasteiger partial charge in [0.25, 0.3) is 10.0 Å². The number of sulfonamides is 1. The van der Waals surface area contributed by atoms with E-state index in [1.165, 1.54) is 23.5 Å². The summed E-state index contributed by atoms with van der Waals surface area (Å²) in [4.78, 5) is 14.4. The maximum Gasteiger partial charge on any atom is 0.285 e. The second-order valence-electron chi connectivity index (χ2n) is 6.05. The molecular formula is C18H16N2O3S. The standard InChI is InChI=1S/C18H16N2O3S/c21-17(15-9-8-13-4-3-5-14(13)10-15)11-20-12-19-24(22,23)18-7-2-1-6-16(18)20/h1-2,6-10,12H,3-5,11H2. The summed E-state index contributed by atoms with van der Waals surface area (Å²) in [7, 11) is -3.67. The lowest BCUT2D eigenvalue weighted by molar-refractivity contribution is 0.100. The minimum atomic E-state index is -3.67. The monoisotopic (exact) mass is 340 g/mol. The van der Waals surface area contributed by atoms with Gasteiger partial charge in [-0.2, -0.15) is 8.42 Å². The Kier molecular flexibility index (Phi) is 3.49. The van der Waals surface area contributed by atoms with Gasteiger partial charge in [0.05, 0.1) is 12.2 Å². The molecule has 1 aliphatic carbocycles. The lowest BCUT2D eigenvalue weighted by atomic mass is 10.0. The summed E-state index contributed by atoms with van der Waals surface area (Å²) < 4.78 is 27.6. The Morgan fingerprint density at radius 1 is 1.08 bits per heavy atom. The van der Waals surface area contributed by atoms with Crippen molar-refractivity contribution in [2.45, 2.75) is 24.2 Å². The van der Waals surface area contributed by atoms with Crippen molar-refractivity contribution in [1.82, 2.24) is 0 Å². The van der Waals surface area contributed by atoms with E-state index in [4.69, 9.17) is 0 Å². The number of ketones is 1. The minimum absolute atomic E-state index is 0.0507. The van der Waals surface area contributed by atoms with Gasteiger partial charge in [0.1, 0.15) is 11.2 Å². The molecule has 0 spiro atoms. The number of carbonyl (C=O) groups excluding carboxylic acids is 1. The number of Topliss-reactive ketones (excluding diaryl/α,β-unsaturated/α-hetero) is 1. The van der Waals surface area contributed by atoms with E-state index in [1.54, 1.807) is 23.1 Å². The maximum atomic E-state index is 12.6. The summed E-state index contributed by atoms with van der Waals surface area (Å²) in [6.07, 6.45) is 4.45. The van der Waals surface area contributed by atoms with Crippen LogP contribution in [0.4, 0.5) is 5.69 Å². The molecular weight excluding hydrogens is 324 g/mol. The highest BCUT2D eigenvalue weighted by molar-refractivity contribution is 7.90. The quantitative estimate of drug-likeness (QED) is 0.806. The molecule has 2 aliphatic rings. The zero-order valence-electron chi connectivity index (χ0n) is 13.0. The zero-order valence-corrected chi connectivity index (χ0v) is 13.8. The second-order valence-corrected chi connectivity index (χ2v) is 7.65. The van der Waals surface area contributed by atoms with E-state index < -0.39 is 10.0 Å². The SMILES string of the molecule is O=C(CN1C=NS(=O)(=O)c2ccccc21)c1ccc2c(c1)CCC2. The summed E-state index contributed by atoms with van der Waals surface area (Å²) in [5, 5.41) is 0. The van der Waals surface area contributed by atoms with Crippen LogP contribution in [0.15, 0.2) is 51.8 Å². The summed E-state index contributed by atoms with van der Waals surface area (Å²) in [5.41, 5.74) is 3.72. The molecule has 0 atom stereocenters. The molecule has 4 rings (SSSR count). The van der Waals surface area contributed by atoms with E-state index >= 15 is 0 Å². The third-order valence-electron chi connectivity index (χ3n) is 4.51. The molecule has 0 N–H and O–H groups in total. The fraction of sp³-hybridized carbons (Fsp3) is 0.222. The molecule has 5 nitrogen and oxygen atoms in total. The van der Waals surface area contributed by atoms with Crippen molar-refractivity contribution in [2.24, 2.45) is 4.40 Å². The first kappa shape index (κ1) is 15.1. The third kappa shape index (κ3) is 2.53. The van der Waals surface area contributed by atoms with Gasteiger partial charge in [-0.3, -0.25) is 4.79 Å². The van der Waals surface area contributed by atoms with Gasteiger partial charge < -0.3 is 4.90 Å². The largest absolute Gasteiger partial charge is 0.323 e. The number of rotatable bonds is 3. The van der Waals surface area contributed by atoms with Crippen LogP contribution in [0.2, 0.25) is 0 Å². The number of aryl methyl sites for hydroxylation is 2. The van der Waals surface area contributed by atoms with Crippen LogP contribution in [0.1, 0.15) is 27.9 Å². The Labute approximate surface area is 140 Å². The van der Waals surface area contributed by atoms with Crippen LogP contribution in [0.5, 0.6) is 0 Å². The summed E-state index contributed by atoms with van der Waals surface area (Å²) in [6, 6.07) is 12.4. The Balaban J connectivity index is 1.63. The van der Waals surface area contributed by atoms with E-state index in [1.807, 2.05) is 18.2 Å². The number of carbonyl (C=O) groups is 1. The van der Waals surface area contributed by atoms with Crippen molar-refractivity contribution in [3.63, 3.8) is 0 Å². The number of para-hydroxylation sites is 1. The molecule has 0 bridgehead atoms. The van der Waals surface area contributed by atoms with Gasteiger partial charge >= 0.3 is 0 Å².